The maximum atomic E-state index is 4.31. The quantitative estimate of drug-likeness (QED) is 0.865. The van der Waals surface area contributed by atoms with Crippen LogP contribution in [-0.2, 0) is 19.5 Å². The Hall–Kier alpha value is -1.76. The van der Waals surface area contributed by atoms with Crippen LogP contribution in [0.4, 0.5) is 0 Å². The van der Waals surface area contributed by atoms with Crippen molar-refractivity contribution in [3.8, 4) is 0 Å². The summed E-state index contributed by atoms with van der Waals surface area (Å²) in [6, 6.07) is 0. The fraction of sp³-hybridized carbons (Fsp3) is 0.692. The van der Waals surface area contributed by atoms with E-state index in [1.807, 2.05) is 4.68 Å². The first-order valence-corrected chi connectivity index (χ1v) is 7.34. The van der Waals surface area contributed by atoms with E-state index in [9.17, 15) is 0 Å². The topological polar surface area (TPSA) is 73.5 Å². The van der Waals surface area contributed by atoms with Crippen LogP contribution in [0.15, 0.2) is 12.5 Å². The molecule has 0 radical (unpaired) electrons. The molecule has 2 aromatic rings. The molecule has 3 rings (SSSR count). The predicted octanol–water partition coefficient (Wildman–Crippen LogP) is 0.599. The number of piperidine rings is 1. The second-order valence-electron chi connectivity index (χ2n) is 5.23. The van der Waals surface area contributed by atoms with Crippen LogP contribution < -0.4 is 5.32 Å². The Balaban J connectivity index is 1.59. The number of hydrogen-bond acceptors (Lipinski definition) is 5. The van der Waals surface area contributed by atoms with Crippen LogP contribution >= 0.6 is 0 Å². The van der Waals surface area contributed by atoms with Crippen molar-refractivity contribution < 1.29 is 0 Å². The molecule has 0 spiro atoms. The molecular weight excluding hydrogens is 254 g/mol. The fourth-order valence-electron chi connectivity index (χ4n) is 2.67. The minimum absolute atomic E-state index is 0.511. The third-order valence-electron chi connectivity index (χ3n) is 3.87. The van der Waals surface area contributed by atoms with Crippen LogP contribution in [0.2, 0.25) is 0 Å². The lowest BCUT2D eigenvalue weighted by Crippen LogP contribution is -2.28. The molecule has 1 aliphatic heterocycles. The van der Waals surface area contributed by atoms with Gasteiger partial charge in [-0.1, -0.05) is 5.21 Å². The summed E-state index contributed by atoms with van der Waals surface area (Å²) in [4.78, 5) is 0. The Morgan fingerprint density at radius 1 is 1.40 bits per heavy atom. The zero-order chi connectivity index (χ0) is 13.8. The second kappa shape index (κ2) is 6.13. The van der Waals surface area contributed by atoms with Gasteiger partial charge in [-0.2, -0.15) is 0 Å². The first-order chi connectivity index (χ1) is 9.86. The Morgan fingerprint density at radius 3 is 3.15 bits per heavy atom. The average molecular weight is 275 g/mol. The SMILES string of the molecule is CCn1cnnc1CCn1cc([C@@H]2CCCNC2)nn1. The maximum Gasteiger partial charge on any atom is 0.134 e. The van der Waals surface area contributed by atoms with Gasteiger partial charge in [-0.05, 0) is 26.3 Å². The smallest absolute Gasteiger partial charge is 0.134 e. The molecule has 20 heavy (non-hydrogen) atoms. The molecule has 1 atom stereocenters. The summed E-state index contributed by atoms with van der Waals surface area (Å²) in [6.07, 6.45) is 7.10. The van der Waals surface area contributed by atoms with Gasteiger partial charge in [-0.15, -0.1) is 15.3 Å². The van der Waals surface area contributed by atoms with Gasteiger partial charge < -0.3 is 9.88 Å². The number of nitrogens with zero attached hydrogens (tertiary/aromatic N) is 6. The molecule has 0 aliphatic carbocycles. The summed E-state index contributed by atoms with van der Waals surface area (Å²) < 4.78 is 3.97. The highest BCUT2D eigenvalue weighted by Gasteiger charge is 2.18. The number of aryl methyl sites for hydroxylation is 3. The normalized spacial score (nSPS) is 19.4. The number of aromatic nitrogens is 6. The maximum absolute atomic E-state index is 4.31. The van der Waals surface area contributed by atoms with Crippen LogP contribution in [0, 0.1) is 0 Å². The molecule has 1 fully saturated rings. The van der Waals surface area contributed by atoms with Crippen molar-refractivity contribution in [3.63, 3.8) is 0 Å². The molecule has 3 heterocycles. The minimum atomic E-state index is 0.511. The molecule has 2 aromatic heterocycles. The highest BCUT2D eigenvalue weighted by atomic mass is 15.4. The second-order valence-corrected chi connectivity index (χ2v) is 5.23. The van der Waals surface area contributed by atoms with Gasteiger partial charge in [0.25, 0.3) is 0 Å². The van der Waals surface area contributed by atoms with Crippen LogP contribution in [0.1, 0.15) is 37.2 Å². The highest BCUT2D eigenvalue weighted by Crippen LogP contribution is 2.20. The first-order valence-electron chi connectivity index (χ1n) is 7.34. The van der Waals surface area contributed by atoms with Crippen molar-refractivity contribution in [1.82, 2.24) is 35.1 Å². The van der Waals surface area contributed by atoms with Gasteiger partial charge in [0, 0.05) is 38.2 Å². The van der Waals surface area contributed by atoms with E-state index in [0.29, 0.717) is 5.92 Å². The van der Waals surface area contributed by atoms with E-state index < -0.39 is 0 Å². The van der Waals surface area contributed by atoms with Crippen molar-refractivity contribution in [1.29, 1.82) is 0 Å². The van der Waals surface area contributed by atoms with E-state index >= 15 is 0 Å². The van der Waals surface area contributed by atoms with Crippen molar-refractivity contribution in [2.75, 3.05) is 13.1 Å². The summed E-state index contributed by atoms with van der Waals surface area (Å²) in [6.45, 7) is 5.93. The largest absolute Gasteiger partial charge is 0.318 e. The lowest BCUT2D eigenvalue weighted by atomic mass is 9.97. The van der Waals surface area contributed by atoms with E-state index in [1.165, 1.54) is 12.8 Å². The van der Waals surface area contributed by atoms with Crippen LogP contribution in [0.3, 0.4) is 0 Å². The zero-order valence-corrected chi connectivity index (χ0v) is 11.9. The monoisotopic (exact) mass is 275 g/mol. The third-order valence-corrected chi connectivity index (χ3v) is 3.87. The van der Waals surface area contributed by atoms with E-state index in [4.69, 9.17) is 0 Å². The molecule has 0 amide bonds. The van der Waals surface area contributed by atoms with Gasteiger partial charge in [0.1, 0.15) is 12.2 Å². The first kappa shape index (κ1) is 13.2. The van der Waals surface area contributed by atoms with Crippen molar-refractivity contribution in [2.45, 2.75) is 45.2 Å². The Kier molecular flexibility index (Phi) is 4.05. The Labute approximate surface area is 118 Å². The van der Waals surface area contributed by atoms with E-state index in [1.54, 1.807) is 6.33 Å². The standard InChI is InChI=1S/C13H21N7/c1-2-19-10-15-17-13(19)5-7-20-9-12(16-18-20)11-4-3-6-14-8-11/h9-11,14H,2-8H2,1H3/t11-/m1/s1. The summed E-state index contributed by atoms with van der Waals surface area (Å²) in [5.74, 6) is 1.51. The molecule has 0 saturated carbocycles. The molecule has 0 unspecified atom stereocenters. The predicted molar refractivity (Wildman–Crippen MR) is 74.3 cm³/mol. The molecule has 108 valence electrons. The summed E-state index contributed by atoms with van der Waals surface area (Å²) in [7, 11) is 0. The van der Waals surface area contributed by atoms with E-state index in [-0.39, 0.29) is 0 Å². The molecule has 0 bridgehead atoms. The molecule has 1 N–H and O–H groups in total. The summed E-state index contributed by atoms with van der Waals surface area (Å²) in [5.41, 5.74) is 1.11. The number of rotatable bonds is 5. The van der Waals surface area contributed by atoms with Gasteiger partial charge in [-0.25, -0.2) is 0 Å². The molecule has 0 aromatic carbocycles. The van der Waals surface area contributed by atoms with E-state index in [0.717, 1.165) is 44.1 Å². The van der Waals surface area contributed by atoms with Crippen molar-refractivity contribution in [2.24, 2.45) is 0 Å². The third kappa shape index (κ3) is 2.87. The van der Waals surface area contributed by atoms with Gasteiger partial charge in [0.05, 0.1) is 5.69 Å². The highest BCUT2D eigenvalue weighted by molar-refractivity contribution is 5.04. The fourth-order valence-corrected chi connectivity index (χ4v) is 2.67. The van der Waals surface area contributed by atoms with E-state index in [2.05, 4.69) is 43.5 Å². The zero-order valence-electron chi connectivity index (χ0n) is 11.9. The van der Waals surface area contributed by atoms with Crippen molar-refractivity contribution in [3.05, 3.63) is 24.0 Å². The molecule has 7 nitrogen and oxygen atoms in total. The minimum Gasteiger partial charge on any atom is -0.318 e. The summed E-state index contributed by atoms with van der Waals surface area (Å²) >= 11 is 0. The van der Waals surface area contributed by atoms with Gasteiger partial charge in [-0.3, -0.25) is 4.68 Å². The molecular formula is C13H21N7. The average Bonchev–Trinajstić information content (AvgIpc) is 3.15. The number of hydrogen-bond donors (Lipinski definition) is 1. The van der Waals surface area contributed by atoms with Gasteiger partial charge in [0.2, 0.25) is 0 Å². The van der Waals surface area contributed by atoms with Crippen LogP contribution in [-0.4, -0.2) is 42.8 Å². The van der Waals surface area contributed by atoms with Gasteiger partial charge >= 0.3 is 0 Å². The lowest BCUT2D eigenvalue weighted by molar-refractivity contribution is 0.454. The summed E-state index contributed by atoms with van der Waals surface area (Å²) in [5, 5.41) is 20.0. The Bertz CT molecular complexity index is 538. The Morgan fingerprint density at radius 2 is 2.35 bits per heavy atom. The molecule has 7 heteroatoms. The molecule has 1 saturated heterocycles. The van der Waals surface area contributed by atoms with Crippen molar-refractivity contribution >= 4 is 0 Å². The van der Waals surface area contributed by atoms with Crippen LogP contribution in [0.25, 0.3) is 0 Å². The lowest BCUT2D eigenvalue weighted by Gasteiger charge is -2.20. The number of nitrogens with one attached hydrogen (secondary N) is 1. The van der Waals surface area contributed by atoms with Crippen LogP contribution in [0.5, 0.6) is 0 Å². The molecule has 1 aliphatic rings. The van der Waals surface area contributed by atoms with Gasteiger partial charge in [0.15, 0.2) is 0 Å².